The van der Waals surface area contributed by atoms with Gasteiger partial charge in [-0.1, -0.05) is 11.6 Å². The number of amides is 1. The Kier molecular flexibility index (Phi) is 2.62. The van der Waals surface area contributed by atoms with E-state index in [2.05, 4.69) is 0 Å². The molecule has 0 aliphatic carbocycles. The fourth-order valence-corrected chi connectivity index (χ4v) is 2.00. The van der Waals surface area contributed by atoms with Crippen molar-refractivity contribution in [1.82, 2.24) is 0 Å². The number of hydrogen-bond acceptors (Lipinski definition) is 1. The van der Waals surface area contributed by atoms with Crippen molar-refractivity contribution in [1.29, 1.82) is 0 Å². The molecule has 1 amide bonds. The van der Waals surface area contributed by atoms with Gasteiger partial charge in [0.15, 0.2) is 0 Å². The number of fused-ring (bicyclic) bond motifs is 1. The van der Waals surface area contributed by atoms with E-state index >= 15 is 0 Å². The minimum atomic E-state index is -2.89. The number of nitrogens with zero attached hydrogens (tertiary/aromatic N) is 1. The molecule has 1 aromatic carbocycles. The first-order chi connectivity index (χ1) is 7.37. The molecule has 0 radical (unpaired) electrons. The normalized spacial score (nSPS) is 15.5. The number of alkyl halides is 2. The average molecular weight is 246 g/mol. The van der Waals surface area contributed by atoms with Gasteiger partial charge in [-0.25, -0.2) is 8.78 Å². The van der Waals surface area contributed by atoms with Gasteiger partial charge in [0, 0.05) is 17.6 Å². The molecule has 0 fully saturated rings. The lowest BCUT2D eigenvalue weighted by Gasteiger charge is -2.21. The van der Waals surface area contributed by atoms with Crippen LogP contribution < -0.4 is 4.90 Å². The molecule has 0 aromatic heterocycles. The third-order valence-corrected chi connectivity index (χ3v) is 2.65. The van der Waals surface area contributed by atoms with Crippen molar-refractivity contribution >= 4 is 23.2 Å². The van der Waals surface area contributed by atoms with Crippen molar-refractivity contribution in [2.75, 3.05) is 11.4 Å². The fourth-order valence-electron chi connectivity index (χ4n) is 1.80. The van der Waals surface area contributed by atoms with E-state index in [0.29, 0.717) is 16.3 Å². The summed E-state index contributed by atoms with van der Waals surface area (Å²) in [7, 11) is 0. The zero-order valence-corrected chi connectivity index (χ0v) is 9.39. The van der Waals surface area contributed by atoms with Crippen LogP contribution in [0.25, 0.3) is 0 Å². The number of halogens is 3. The molecule has 86 valence electrons. The quantitative estimate of drug-likeness (QED) is 0.785. The highest BCUT2D eigenvalue weighted by atomic mass is 35.5. The Morgan fingerprint density at radius 1 is 1.50 bits per heavy atom. The predicted octanol–water partition coefficient (Wildman–Crippen LogP) is 2.88. The lowest BCUT2D eigenvalue weighted by Crippen LogP contribution is -2.37. The smallest absolute Gasteiger partial charge is 0.263 e. The van der Waals surface area contributed by atoms with E-state index in [1.54, 1.807) is 18.2 Å². The molecule has 0 spiro atoms. The van der Waals surface area contributed by atoms with Crippen LogP contribution in [0.5, 0.6) is 0 Å². The first-order valence-corrected chi connectivity index (χ1v) is 5.21. The van der Waals surface area contributed by atoms with Gasteiger partial charge in [-0.15, -0.1) is 0 Å². The van der Waals surface area contributed by atoms with Crippen LogP contribution in [-0.4, -0.2) is 18.4 Å². The summed E-state index contributed by atoms with van der Waals surface area (Å²) >= 11 is 5.77. The average Bonchev–Trinajstić information content (AvgIpc) is 2.40. The van der Waals surface area contributed by atoms with Crippen molar-refractivity contribution in [2.45, 2.75) is 19.3 Å². The maximum Gasteiger partial charge on any atom is 0.263 e. The SMILES string of the molecule is CC(F)(F)CN1C(=O)Cc2cc(Cl)ccc21. The molecular weight excluding hydrogens is 236 g/mol. The van der Waals surface area contributed by atoms with Crippen LogP contribution in [0.2, 0.25) is 5.02 Å². The van der Waals surface area contributed by atoms with E-state index in [1.807, 2.05) is 0 Å². The van der Waals surface area contributed by atoms with Gasteiger partial charge in [0.1, 0.15) is 0 Å². The standard InChI is InChI=1S/C11H10ClF2NO/c1-11(13,14)6-15-9-3-2-8(12)4-7(9)5-10(15)16/h2-4H,5-6H2,1H3. The topological polar surface area (TPSA) is 20.3 Å². The number of benzene rings is 1. The van der Waals surface area contributed by atoms with Crippen LogP contribution in [0, 0.1) is 0 Å². The van der Waals surface area contributed by atoms with Crippen molar-refractivity contribution in [3.63, 3.8) is 0 Å². The third-order valence-electron chi connectivity index (χ3n) is 2.41. The predicted molar refractivity (Wildman–Crippen MR) is 58.1 cm³/mol. The fraction of sp³-hybridized carbons (Fsp3) is 0.364. The van der Waals surface area contributed by atoms with Gasteiger partial charge in [0.25, 0.3) is 5.92 Å². The summed E-state index contributed by atoms with van der Waals surface area (Å²) in [5, 5.41) is 0.511. The number of anilines is 1. The minimum absolute atomic E-state index is 0.145. The molecule has 0 saturated heterocycles. The van der Waals surface area contributed by atoms with E-state index in [4.69, 9.17) is 11.6 Å². The van der Waals surface area contributed by atoms with Gasteiger partial charge in [-0.05, 0) is 23.8 Å². The van der Waals surface area contributed by atoms with Crippen molar-refractivity contribution in [3.8, 4) is 0 Å². The molecule has 16 heavy (non-hydrogen) atoms. The van der Waals surface area contributed by atoms with E-state index in [-0.39, 0.29) is 12.3 Å². The van der Waals surface area contributed by atoms with Gasteiger partial charge in [-0.2, -0.15) is 0 Å². The summed E-state index contributed by atoms with van der Waals surface area (Å²) in [6.07, 6.45) is 0.145. The molecule has 0 atom stereocenters. The van der Waals surface area contributed by atoms with Crippen molar-refractivity contribution < 1.29 is 13.6 Å². The Hall–Kier alpha value is -1.16. The number of carbonyl (C=O) groups is 1. The van der Waals surface area contributed by atoms with Gasteiger partial charge >= 0.3 is 0 Å². The lowest BCUT2D eigenvalue weighted by atomic mass is 10.2. The molecule has 1 aliphatic heterocycles. The summed E-state index contributed by atoms with van der Waals surface area (Å²) in [6, 6.07) is 4.84. The highest BCUT2D eigenvalue weighted by molar-refractivity contribution is 6.30. The molecule has 0 bridgehead atoms. The Balaban J connectivity index is 2.33. The molecule has 5 heteroatoms. The molecule has 0 N–H and O–H groups in total. The zero-order valence-electron chi connectivity index (χ0n) is 8.64. The Labute approximate surface area is 96.8 Å². The van der Waals surface area contributed by atoms with Gasteiger partial charge in [0.05, 0.1) is 13.0 Å². The second-order valence-electron chi connectivity index (χ2n) is 4.00. The maximum absolute atomic E-state index is 12.9. The highest BCUT2D eigenvalue weighted by Crippen LogP contribution is 2.32. The first-order valence-electron chi connectivity index (χ1n) is 4.83. The van der Waals surface area contributed by atoms with E-state index in [1.165, 1.54) is 0 Å². The molecule has 1 aromatic rings. The monoisotopic (exact) mass is 245 g/mol. The van der Waals surface area contributed by atoms with Crippen LogP contribution in [0.4, 0.5) is 14.5 Å². The molecule has 1 aliphatic rings. The summed E-state index contributed by atoms with van der Waals surface area (Å²) < 4.78 is 25.8. The second-order valence-corrected chi connectivity index (χ2v) is 4.44. The van der Waals surface area contributed by atoms with Crippen LogP contribution in [-0.2, 0) is 11.2 Å². The number of carbonyl (C=O) groups excluding carboxylic acids is 1. The lowest BCUT2D eigenvalue weighted by molar-refractivity contribution is -0.118. The van der Waals surface area contributed by atoms with Crippen LogP contribution in [0.3, 0.4) is 0 Å². The van der Waals surface area contributed by atoms with Gasteiger partial charge in [-0.3, -0.25) is 4.79 Å². The van der Waals surface area contributed by atoms with E-state index in [9.17, 15) is 13.6 Å². The molecule has 0 saturated carbocycles. The first kappa shape index (κ1) is 11.3. The van der Waals surface area contributed by atoms with E-state index in [0.717, 1.165) is 11.8 Å². The van der Waals surface area contributed by atoms with Gasteiger partial charge < -0.3 is 4.90 Å². The molecule has 1 heterocycles. The Bertz CT molecular complexity index is 442. The summed E-state index contributed by atoms with van der Waals surface area (Å²) in [4.78, 5) is 12.7. The summed E-state index contributed by atoms with van der Waals surface area (Å²) in [5.41, 5.74) is 1.25. The van der Waals surface area contributed by atoms with Gasteiger partial charge in [0.2, 0.25) is 5.91 Å². The largest absolute Gasteiger partial charge is 0.306 e. The Morgan fingerprint density at radius 3 is 2.81 bits per heavy atom. The maximum atomic E-state index is 12.9. The number of hydrogen-bond donors (Lipinski definition) is 0. The minimum Gasteiger partial charge on any atom is -0.306 e. The van der Waals surface area contributed by atoms with Crippen molar-refractivity contribution in [3.05, 3.63) is 28.8 Å². The van der Waals surface area contributed by atoms with E-state index < -0.39 is 12.5 Å². The van der Waals surface area contributed by atoms with Crippen LogP contribution in [0.1, 0.15) is 12.5 Å². The zero-order chi connectivity index (χ0) is 11.9. The highest BCUT2D eigenvalue weighted by Gasteiger charge is 2.34. The molecular formula is C11H10ClF2NO. The molecule has 0 unspecified atom stereocenters. The summed E-state index contributed by atoms with van der Waals surface area (Å²) in [5.74, 6) is -3.20. The molecule has 2 rings (SSSR count). The Morgan fingerprint density at radius 2 is 2.19 bits per heavy atom. The number of rotatable bonds is 2. The molecule has 2 nitrogen and oxygen atoms in total. The second kappa shape index (κ2) is 3.70. The van der Waals surface area contributed by atoms with Crippen LogP contribution in [0.15, 0.2) is 18.2 Å². The van der Waals surface area contributed by atoms with Crippen molar-refractivity contribution in [2.24, 2.45) is 0 Å². The van der Waals surface area contributed by atoms with Crippen LogP contribution >= 0.6 is 11.6 Å². The summed E-state index contributed by atoms with van der Waals surface area (Å²) in [6.45, 7) is 0.217. The third kappa shape index (κ3) is 2.16.